The Morgan fingerprint density at radius 2 is 1.81 bits per heavy atom. The molecule has 2 aromatic carbocycles. The van der Waals surface area contributed by atoms with E-state index in [4.69, 9.17) is 17.4 Å². The van der Waals surface area contributed by atoms with E-state index < -0.39 is 23.2 Å². The minimum Gasteiger partial charge on any atom is -0.348 e. The monoisotopic (exact) mass is 311 g/mol. The quantitative estimate of drug-likeness (QED) is 0.601. The number of carbonyl (C=O) groups excluding carboxylic acids is 1. The number of benzene rings is 2. The maximum absolute atomic E-state index is 13.5. The molecule has 0 saturated carbocycles. The highest BCUT2D eigenvalue weighted by Gasteiger charge is 2.14. The molecule has 0 aliphatic heterocycles. The number of carbonyl (C=O) groups is 1. The van der Waals surface area contributed by atoms with E-state index in [1.54, 1.807) is 24.3 Å². The first-order valence-corrected chi connectivity index (χ1v) is 6.38. The van der Waals surface area contributed by atoms with Crippen LogP contribution in [0.5, 0.6) is 0 Å². The van der Waals surface area contributed by atoms with Crippen LogP contribution >= 0.6 is 11.6 Å². The molecule has 1 amide bonds. The molecule has 21 heavy (non-hydrogen) atoms. The Balaban J connectivity index is 2.13. The molecule has 0 radical (unpaired) electrons. The third-order valence-corrected chi connectivity index (χ3v) is 3.21. The van der Waals surface area contributed by atoms with Gasteiger partial charge in [-0.1, -0.05) is 29.8 Å². The Labute approximate surface area is 124 Å². The van der Waals surface area contributed by atoms with Crippen molar-refractivity contribution < 1.29 is 13.6 Å². The van der Waals surface area contributed by atoms with Gasteiger partial charge in [0.1, 0.15) is 5.69 Å². The van der Waals surface area contributed by atoms with E-state index in [1.165, 1.54) is 0 Å². The van der Waals surface area contributed by atoms with Crippen molar-refractivity contribution in [3.8, 4) is 0 Å². The molecule has 0 saturated heterocycles. The number of amides is 1. The lowest BCUT2D eigenvalue weighted by Gasteiger charge is -2.09. The van der Waals surface area contributed by atoms with Crippen molar-refractivity contribution in [3.63, 3.8) is 0 Å². The summed E-state index contributed by atoms with van der Waals surface area (Å²) in [6, 6.07) is 8.76. The normalized spacial score (nSPS) is 10.3. The predicted molar refractivity (Wildman–Crippen MR) is 76.8 cm³/mol. The highest BCUT2D eigenvalue weighted by Crippen LogP contribution is 2.20. The summed E-state index contributed by atoms with van der Waals surface area (Å²) in [5.74, 6) is 2.48. The highest BCUT2D eigenvalue weighted by atomic mass is 35.5. The molecular formula is C14H12ClF2N3O. The number of nitrogens with two attached hydrogens (primary N) is 1. The highest BCUT2D eigenvalue weighted by molar-refractivity contribution is 6.31. The Kier molecular flexibility index (Phi) is 4.72. The number of hydrogen-bond acceptors (Lipinski definition) is 3. The summed E-state index contributed by atoms with van der Waals surface area (Å²) in [4.78, 5) is 11.9. The summed E-state index contributed by atoms with van der Waals surface area (Å²) < 4.78 is 27.0. The van der Waals surface area contributed by atoms with Crippen LogP contribution in [-0.2, 0) is 6.54 Å². The molecule has 2 aromatic rings. The van der Waals surface area contributed by atoms with Gasteiger partial charge in [-0.15, -0.1) is 0 Å². The lowest BCUT2D eigenvalue weighted by molar-refractivity contribution is 0.0950. The van der Waals surface area contributed by atoms with Crippen LogP contribution in [-0.4, -0.2) is 5.91 Å². The maximum atomic E-state index is 13.5. The molecule has 0 aliphatic rings. The fraction of sp³-hybridized carbons (Fsp3) is 0.0714. The first-order valence-electron chi connectivity index (χ1n) is 6.00. The summed E-state index contributed by atoms with van der Waals surface area (Å²) in [6.07, 6.45) is 0. The van der Waals surface area contributed by atoms with E-state index in [0.29, 0.717) is 10.6 Å². The van der Waals surface area contributed by atoms with Gasteiger partial charge in [-0.2, -0.15) is 0 Å². The third-order valence-electron chi connectivity index (χ3n) is 2.85. The van der Waals surface area contributed by atoms with Crippen LogP contribution in [0.4, 0.5) is 14.5 Å². The van der Waals surface area contributed by atoms with E-state index in [-0.39, 0.29) is 12.1 Å². The number of hydrazine groups is 1. The van der Waals surface area contributed by atoms with Gasteiger partial charge in [0.15, 0.2) is 11.6 Å². The first kappa shape index (κ1) is 15.2. The van der Waals surface area contributed by atoms with Crippen LogP contribution in [0.2, 0.25) is 5.02 Å². The Morgan fingerprint density at radius 3 is 2.38 bits per heavy atom. The predicted octanol–water partition coefficient (Wildman–Crippen LogP) is 2.83. The lowest BCUT2D eigenvalue weighted by Crippen LogP contribution is -2.23. The molecule has 0 fully saturated rings. The summed E-state index contributed by atoms with van der Waals surface area (Å²) in [5.41, 5.74) is 1.97. The molecule has 2 rings (SSSR count). The molecule has 4 N–H and O–H groups in total. The maximum Gasteiger partial charge on any atom is 0.251 e. The van der Waals surface area contributed by atoms with Crippen molar-refractivity contribution in [2.45, 2.75) is 6.54 Å². The van der Waals surface area contributed by atoms with Crippen molar-refractivity contribution in [2.75, 3.05) is 5.43 Å². The molecule has 0 aromatic heterocycles. The van der Waals surface area contributed by atoms with E-state index in [2.05, 4.69) is 5.32 Å². The molecule has 0 aliphatic carbocycles. The van der Waals surface area contributed by atoms with Crippen LogP contribution in [0.25, 0.3) is 0 Å². The number of nitrogen functional groups attached to an aromatic ring is 1. The van der Waals surface area contributed by atoms with Gasteiger partial charge >= 0.3 is 0 Å². The SMILES string of the molecule is NNc1c(F)cc(C(=O)NCc2ccccc2Cl)cc1F. The smallest absolute Gasteiger partial charge is 0.251 e. The van der Waals surface area contributed by atoms with Gasteiger partial charge in [-0.05, 0) is 23.8 Å². The summed E-state index contributed by atoms with van der Waals surface area (Å²) in [6.45, 7) is 0.151. The summed E-state index contributed by atoms with van der Waals surface area (Å²) in [7, 11) is 0. The second kappa shape index (κ2) is 6.51. The van der Waals surface area contributed by atoms with Crippen LogP contribution in [0.15, 0.2) is 36.4 Å². The Bertz CT molecular complexity index is 656. The third kappa shape index (κ3) is 3.48. The molecule has 0 spiro atoms. The van der Waals surface area contributed by atoms with Gasteiger partial charge in [0.25, 0.3) is 5.91 Å². The summed E-state index contributed by atoms with van der Waals surface area (Å²) >= 11 is 5.95. The zero-order valence-corrected chi connectivity index (χ0v) is 11.5. The van der Waals surface area contributed by atoms with Gasteiger partial charge < -0.3 is 10.7 Å². The van der Waals surface area contributed by atoms with Gasteiger partial charge in [-0.25, -0.2) is 8.78 Å². The van der Waals surface area contributed by atoms with Crippen molar-refractivity contribution in [3.05, 3.63) is 64.2 Å². The van der Waals surface area contributed by atoms with Crippen molar-refractivity contribution in [2.24, 2.45) is 5.84 Å². The molecular weight excluding hydrogens is 300 g/mol. The zero-order chi connectivity index (χ0) is 15.4. The average molecular weight is 312 g/mol. The molecule has 7 heteroatoms. The second-order valence-electron chi connectivity index (χ2n) is 4.23. The van der Waals surface area contributed by atoms with Gasteiger partial charge in [0.2, 0.25) is 0 Å². The molecule has 0 heterocycles. The summed E-state index contributed by atoms with van der Waals surface area (Å²) in [5, 5.41) is 3.04. The van der Waals surface area contributed by atoms with Gasteiger partial charge in [0, 0.05) is 17.1 Å². The van der Waals surface area contributed by atoms with Crippen molar-refractivity contribution >= 4 is 23.2 Å². The fourth-order valence-corrected chi connectivity index (χ4v) is 1.96. The topological polar surface area (TPSA) is 67.1 Å². The van der Waals surface area contributed by atoms with Crippen LogP contribution < -0.4 is 16.6 Å². The van der Waals surface area contributed by atoms with Gasteiger partial charge in [0.05, 0.1) is 0 Å². The van der Waals surface area contributed by atoms with E-state index in [1.807, 2.05) is 5.43 Å². The Morgan fingerprint density at radius 1 is 1.19 bits per heavy atom. The minimum atomic E-state index is -0.944. The number of anilines is 1. The number of halogens is 3. The molecule has 110 valence electrons. The van der Waals surface area contributed by atoms with Crippen LogP contribution in [0, 0.1) is 11.6 Å². The number of rotatable bonds is 4. The van der Waals surface area contributed by atoms with Crippen LogP contribution in [0.1, 0.15) is 15.9 Å². The van der Waals surface area contributed by atoms with E-state index >= 15 is 0 Å². The zero-order valence-electron chi connectivity index (χ0n) is 10.8. The van der Waals surface area contributed by atoms with Crippen molar-refractivity contribution in [1.82, 2.24) is 5.32 Å². The minimum absolute atomic E-state index is 0.143. The lowest BCUT2D eigenvalue weighted by atomic mass is 10.1. The molecule has 4 nitrogen and oxygen atoms in total. The molecule has 0 bridgehead atoms. The standard InChI is InChI=1S/C14H12ClF2N3O/c15-10-4-2-1-3-8(10)7-19-14(21)9-5-11(16)13(20-18)12(17)6-9/h1-6,20H,7,18H2,(H,19,21). The van der Waals surface area contributed by atoms with E-state index in [9.17, 15) is 13.6 Å². The Hall–Kier alpha value is -2.18. The van der Waals surface area contributed by atoms with E-state index in [0.717, 1.165) is 12.1 Å². The number of hydrogen-bond donors (Lipinski definition) is 3. The largest absolute Gasteiger partial charge is 0.348 e. The molecule has 0 atom stereocenters. The first-order chi connectivity index (χ1) is 10.0. The van der Waals surface area contributed by atoms with Crippen molar-refractivity contribution in [1.29, 1.82) is 0 Å². The average Bonchev–Trinajstić information content (AvgIpc) is 2.45. The molecule has 0 unspecified atom stereocenters. The second-order valence-corrected chi connectivity index (χ2v) is 4.64. The fourth-order valence-electron chi connectivity index (χ4n) is 1.76. The van der Waals surface area contributed by atoms with Gasteiger partial charge in [-0.3, -0.25) is 10.6 Å². The number of nitrogens with one attached hydrogen (secondary N) is 2. The van der Waals surface area contributed by atoms with Crippen LogP contribution in [0.3, 0.4) is 0 Å².